The van der Waals surface area contributed by atoms with Gasteiger partial charge < -0.3 is 4.98 Å². The van der Waals surface area contributed by atoms with Crippen molar-refractivity contribution in [1.82, 2.24) is 9.97 Å². The Hall–Kier alpha value is -3.13. The Bertz CT molecular complexity index is 838. The lowest BCUT2D eigenvalue weighted by atomic mass is 10.1. The Kier molecular flexibility index (Phi) is 15.9. The first-order chi connectivity index (χ1) is 15.4. The maximum atomic E-state index is 4.87. The largest absolute Gasteiger partial charge is 0.337 e. The highest BCUT2D eigenvalue weighted by molar-refractivity contribution is 5.81. The molecule has 1 N–H and O–H groups in total. The fourth-order valence-electron chi connectivity index (χ4n) is 2.72. The molecule has 0 atom stereocenters. The average Bonchev–Trinajstić information content (AvgIpc) is 3.36. The van der Waals surface area contributed by atoms with Crippen molar-refractivity contribution in [2.45, 2.75) is 55.4 Å². The first-order valence-electron chi connectivity index (χ1n) is 11.7. The molecule has 3 aromatic carbocycles. The van der Waals surface area contributed by atoms with E-state index in [1.165, 1.54) is 0 Å². The van der Waals surface area contributed by atoms with Crippen LogP contribution in [0.2, 0.25) is 0 Å². The third kappa shape index (κ3) is 8.25. The number of hydrogen-bond donors (Lipinski definition) is 1. The number of aromatic amines is 1. The van der Waals surface area contributed by atoms with Gasteiger partial charge in [0, 0.05) is 16.7 Å². The van der Waals surface area contributed by atoms with Crippen molar-refractivity contribution in [1.29, 1.82) is 0 Å². The predicted octanol–water partition coefficient (Wildman–Crippen LogP) is 9.52. The second-order valence-corrected chi connectivity index (χ2v) is 5.41. The zero-order valence-corrected chi connectivity index (χ0v) is 20.6. The summed E-state index contributed by atoms with van der Waals surface area (Å²) in [5, 5.41) is 0. The fourth-order valence-corrected chi connectivity index (χ4v) is 2.72. The van der Waals surface area contributed by atoms with Crippen molar-refractivity contribution < 1.29 is 0 Å². The zero-order valence-electron chi connectivity index (χ0n) is 20.6. The van der Waals surface area contributed by atoms with Gasteiger partial charge >= 0.3 is 0 Å². The molecule has 0 radical (unpaired) electrons. The van der Waals surface area contributed by atoms with Gasteiger partial charge in [-0.2, -0.15) is 0 Å². The molecule has 2 heteroatoms. The van der Waals surface area contributed by atoms with Crippen LogP contribution in [0, 0.1) is 0 Å². The van der Waals surface area contributed by atoms with Crippen LogP contribution in [0.25, 0.3) is 33.9 Å². The monoisotopic (exact) mass is 416 g/mol. The van der Waals surface area contributed by atoms with E-state index in [0.717, 1.165) is 33.9 Å². The molecule has 0 unspecified atom stereocenters. The van der Waals surface area contributed by atoms with E-state index in [-0.39, 0.29) is 0 Å². The molecule has 1 aromatic heterocycles. The van der Waals surface area contributed by atoms with Gasteiger partial charge in [-0.25, -0.2) is 4.98 Å². The van der Waals surface area contributed by atoms with E-state index in [4.69, 9.17) is 4.98 Å². The smallest absolute Gasteiger partial charge is 0.138 e. The number of imidazole rings is 1. The van der Waals surface area contributed by atoms with Crippen LogP contribution in [0.15, 0.2) is 91.0 Å². The summed E-state index contributed by atoms with van der Waals surface area (Å²) in [4.78, 5) is 8.37. The van der Waals surface area contributed by atoms with Crippen molar-refractivity contribution in [3.63, 3.8) is 0 Å². The number of H-pyrrole nitrogens is 1. The van der Waals surface area contributed by atoms with Crippen LogP contribution in [0.4, 0.5) is 0 Å². The van der Waals surface area contributed by atoms with Crippen molar-refractivity contribution in [3.8, 4) is 33.9 Å². The van der Waals surface area contributed by atoms with E-state index in [0.29, 0.717) is 0 Å². The topological polar surface area (TPSA) is 28.7 Å². The first kappa shape index (κ1) is 27.9. The molecule has 0 saturated heterocycles. The molecule has 4 aromatic rings. The molecule has 31 heavy (non-hydrogen) atoms. The lowest BCUT2D eigenvalue weighted by molar-refractivity contribution is 1.31. The highest BCUT2D eigenvalue weighted by atomic mass is 14.9. The molecule has 1 heterocycles. The molecule has 2 nitrogen and oxygen atoms in total. The van der Waals surface area contributed by atoms with Crippen molar-refractivity contribution in [3.05, 3.63) is 91.0 Å². The molecular formula is C29H40N2. The third-order valence-corrected chi connectivity index (χ3v) is 3.86. The van der Waals surface area contributed by atoms with E-state index < -0.39 is 0 Å². The summed E-state index contributed by atoms with van der Waals surface area (Å²) in [6.45, 7) is 16.0. The van der Waals surface area contributed by atoms with Gasteiger partial charge in [0.2, 0.25) is 0 Å². The summed E-state index contributed by atoms with van der Waals surface area (Å²) in [6.07, 6.45) is 0. The summed E-state index contributed by atoms with van der Waals surface area (Å²) in [5.74, 6) is 0.892. The van der Waals surface area contributed by atoms with Gasteiger partial charge in [0.05, 0.1) is 11.4 Å². The molecule has 0 bridgehead atoms. The molecule has 0 aliphatic rings. The van der Waals surface area contributed by atoms with E-state index >= 15 is 0 Å². The lowest BCUT2D eigenvalue weighted by Crippen LogP contribution is -1.82. The number of benzene rings is 3. The maximum Gasteiger partial charge on any atom is 0.138 e. The first-order valence-corrected chi connectivity index (χ1v) is 11.7. The molecule has 0 amide bonds. The number of rotatable bonds is 3. The standard InChI is InChI=1S/C21H16N2.4C2H6/c1-4-10-16(11-5-1)19-20(17-12-6-2-7-13-17)23-21(22-19)18-14-8-3-9-15-18;4*1-2/h1-15H,(H,22,23);4*1-2H3. The van der Waals surface area contributed by atoms with Crippen molar-refractivity contribution in [2.75, 3.05) is 0 Å². The molecule has 166 valence electrons. The molecule has 0 aliphatic carbocycles. The molecular weight excluding hydrogens is 376 g/mol. The van der Waals surface area contributed by atoms with E-state index in [9.17, 15) is 0 Å². The van der Waals surface area contributed by atoms with E-state index in [1.54, 1.807) is 0 Å². The van der Waals surface area contributed by atoms with Gasteiger partial charge in [-0.3, -0.25) is 0 Å². The molecule has 0 fully saturated rings. The van der Waals surface area contributed by atoms with Gasteiger partial charge in [0.1, 0.15) is 5.82 Å². The fraction of sp³-hybridized carbons (Fsp3) is 0.276. The average molecular weight is 417 g/mol. The molecule has 0 saturated carbocycles. The van der Waals surface area contributed by atoms with Gasteiger partial charge in [0.25, 0.3) is 0 Å². The Morgan fingerprint density at radius 3 is 1.23 bits per heavy atom. The predicted molar refractivity (Wildman–Crippen MR) is 140 cm³/mol. The van der Waals surface area contributed by atoms with E-state index in [1.807, 2.05) is 110 Å². The molecule has 0 aliphatic heterocycles. The summed E-state index contributed by atoms with van der Waals surface area (Å²) in [7, 11) is 0. The summed E-state index contributed by atoms with van der Waals surface area (Å²) in [6, 6.07) is 30.9. The van der Waals surface area contributed by atoms with Gasteiger partial charge in [-0.05, 0) is 0 Å². The van der Waals surface area contributed by atoms with Crippen LogP contribution in [0.1, 0.15) is 55.4 Å². The van der Waals surface area contributed by atoms with Gasteiger partial charge in [-0.1, -0.05) is 146 Å². The third-order valence-electron chi connectivity index (χ3n) is 3.86. The number of nitrogens with one attached hydrogen (secondary N) is 1. The summed E-state index contributed by atoms with van der Waals surface area (Å²) >= 11 is 0. The van der Waals surface area contributed by atoms with Crippen LogP contribution < -0.4 is 0 Å². The minimum atomic E-state index is 0.892. The minimum absolute atomic E-state index is 0.892. The lowest BCUT2D eigenvalue weighted by Gasteiger charge is -2.02. The van der Waals surface area contributed by atoms with Crippen molar-refractivity contribution in [2.24, 2.45) is 0 Å². The SMILES string of the molecule is CC.CC.CC.CC.c1ccc(-c2nc(-c3ccccc3)c(-c3ccccc3)[nH]2)cc1. The minimum Gasteiger partial charge on any atom is -0.337 e. The number of aromatic nitrogens is 2. The zero-order chi connectivity index (χ0) is 23.5. The Balaban J connectivity index is 0.00000102. The van der Waals surface area contributed by atoms with Crippen LogP contribution in [0.3, 0.4) is 0 Å². The van der Waals surface area contributed by atoms with Gasteiger partial charge in [-0.15, -0.1) is 0 Å². The highest BCUT2D eigenvalue weighted by Crippen LogP contribution is 2.32. The van der Waals surface area contributed by atoms with E-state index in [2.05, 4.69) is 41.4 Å². The van der Waals surface area contributed by atoms with Gasteiger partial charge in [0.15, 0.2) is 0 Å². The van der Waals surface area contributed by atoms with Crippen LogP contribution >= 0.6 is 0 Å². The number of hydrogen-bond acceptors (Lipinski definition) is 1. The second-order valence-electron chi connectivity index (χ2n) is 5.41. The molecule has 0 spiro atoms. The van der Waals surface area contributed by atoms with Crippen LogP contribution in [0.5, 0.6) is 0 Å². The highest BCUT2D eigenvalue weighted by Gasteiger charge is 2.14. The second kappa shape index (κ2) is 17.7. The van der Waals surface area contributed by atoms with Crippen LogP contribution in [-0.4, -0.2) is 9.97 Å². The maximum absolute atomic E-state index is 4.87. The van der Waals surface area contributed by atoms with Crippen molar-refractivity contribution >= 4 is 0 Å². The Morgan fingerprint density at radius 2 is 0.806 bits per heavy atom. The quantitative estimate of drug-likeness (QED) is 0.354. The summed E-state index contributed by atoms with van der Waals surface area (Å²) < 4.78 is 0. The number of nitrogens with zero attached hydrogens (tertiary/aromatic N) is 1. The summed E-state index contributed by atoms with van der Waals surface area (Å²) in [5.41, 5.74) is 5.38. The Labute approximate surface area is 190 Å². The molecule has 4 rings (SSSR count). The Morgan fingerprint density at radius 1 is 0.452 bits per heavy atom. The normalized spacial score (nSPS) is 8.65. The van der Waals surface area contributed by atoms with Crippen LogP contribution in [-0.2, 0) is 0 Å².